The van der Waals surface area contributed by atoms with Crippen LogP contribution in [-0.4, -0.2) is 40.2 Å². The Kier molecular flexibility index (Phi) is 3.81. The van der Waals surface area contributed by atoms with Gasteiger partial charge in [0, 0.05) is 3.57 Å². The zero-order valence-electron chi connectivity index (χ0n) is 8.45. The van der Waals surface area contributed by atoms with Gasteiger partial charge in [0.15, 0.2) is 0 Å². The largest absolute Gasteiger partial charge is 0.388 e. The van der Waals surface area contributed by atoms with Gasteiger partial charge in [0.1, 0.15) is 24.4 Å². The van der Waals surface area contributed by atoms with Gasteiger partial charge < -0.3 is 20.1 Å². The molecule has 1 aromatic rings. The van der Waals surface area contributed by atoms with E-state index in [1.165, 1.54) is 0 Å². The Hall–Kier alpha value is -0.210. The van der Waals surface area contributed by atoms with Gasteiger partial charge in [-0.05, 0) is 40.3 Å². The molecule has 0 saturated carbocycles. The summed E-state index contributed by atoms with van der Waals surface area (Å²) in [6, 6.07) is 7.51. The molecule has 0 bridgehead atoms. The Bertz CT molecular complexity index is 354. The molecule has 16 heavy (non-hydrogen) atoms. The van der Waals surface area contributed by atoms with Crippen LogP contribution < -0.4 is 0 Å². The number of ether oxygens (including phenoxy) is 1. The Labute approximate surface area is 107 Å². The normalized spacial score (nSPS) is 35.0. The second kappa shape index (κ2) is 4.97. The number of hydrogen-bond acceptors (Lipinski definition) is 4. The molecule has 4 atom stereocenters. The monoisotopic (exact) mass is 336 g/mol. The summed E-state index contributed by atoms with van der Waals surface area (Å²) in [5.74, 6) is 0. The number of benzene rings is 1. The molecular formula is C11H13IO4. The van der Waals surface area contributed by atoms with E-state index in [0.717, 1.165) is 9.13 Å². The highest BCUT2D eigenvalue weighted by molar-refractivity contribution is 14.1. The van der Waals surface area contributed by atoms with Gasteiger partial charge in [0.25, 0.3) is 0 Å². The molecule has 2 rings (SSSR count). The summed E-state index contributed by atoms with van der Waals surface area (Å²) in [6.07, 6.45) is -3.84. The third kappa shape index (κ3) is 2.38. The van der Waals surface area contributed by atoms with Crippen LogP contribution in [0.4, 0.5) is 0 Å². The molecule has 1 fully saturated rings. The zero-order chi connectivity index (χ0) is 11.7. The van der Waals surface area contributed by atoms with Crippen molar-refractivity contribution in [2.75, 3.05) is 6.61 Å². The summed E-state index contributed by atoms with van der Waals surface area (Å²) in [7, 11) is 0. The summed E-state index contributed by atoms with van der Waals surface area (Å²) >= 11 is 2.19. The average molecular weight is 336 g/mol. The lowest BCUT2D eigenvalue weighted by Gasteiger charge is -2.35. The van der Waals surface area contributed by atoms with E-state index in [4.69, 9.17) is 4.74 Å². The van der Waals surface area contributed by atoms with Crippen molar-refractivity contribution < 1.29 is 20.1 Å². The zero-order valence-corrected chi connectivity index (χ0v) is 10.6. The molecule has 5 heteroatoms. The first-order chi connectivity index (χ1) is 7.59. The van der Waals surface area contributed by atoms with Gasteiger partial charge in [0.05, 0.1) is 6.61 Å². The van der Waals surface area contributed by atoms with Crippen LogP contribution in [0.3, 0.4) is 0 Å². The van der Waals surface area contributed by atoms with Crippen molar-refractivity contribution in [2.45, 2.75) is 24.4 Å². The smallest absolute Gasteiger partial charge is 0.113 e. The quantitative estimate of drug-likeness (QED) is 0.651. The minimum absolute atomic E-state index is 0.0366. The van der Waals surface area contributed by atoms with Crippen molar-refractivity contribution in [2.24, 2.45) is 0 Å². The molecule has 0 amide bonds. The average Bonchev–Trinajstić information content (AvgIpc) is 2.28. The third-order valence-electron chi connectivity index (χ3n) is 2.70. The van der Waals surface area contributed by atoms with E-state index < -0.39 is 24.4 Å². The Morgan fingerprint density at radius 1 is 1.06 bits per heavy atom. The maximum absolute atomic E-state index is 9.79. The van der Waals surface area contributed by atoms with E-state index >= 15 is 0 Å². The lowest BCUT2D eigenvalue weighted by atomic mass is 9.95. The van der Waals surface area contributed by atoms with E-state index in [1.807, 2.05) is 24.3 Å². The molecule has 0 aliphatic carbocycles. The molecule has 1 aliphatic rings. The summed E-state index contributed by atoms with van der Waals surface area (Å²) in [5.41, 5.74) is 0.805. The fourth-order valence-corrected chi connectivity index (χ4v) is 2.11. The standard InChI is InChI=1S/C11H13IO4/c12-7-3-1-6(2-4-7)11-10(15)9(14)8(13)5-16-11/h1-4,8-11,13-15H,5H2. The van der Waals surface area contributed by atoms with Crippen LogP contribution in [0.5, 0.6) is 0 Å². The highest BCUT2D eigenvalue weighted by atomic mass is 127. The first-order valence-electron chi connectivity index (χ1n) is 5.01. The van der Waals surface area contributed by atoms with Crippen molar-refractivity contribution in [3.63, 3.8) is 0 Å². The molecule has 88 valence electrons. The van der Waals surface area contributed by atoms with Crippen molar-refractivity contribution >= 4 is 22.6 Å². The van der Waals surface area contributed by atoms with Crippen molar-refractivity contribution in [1.82, 2.24) is 0 Å². The number of rotatable bonds is 1. The van der Waals surface area contributed by atoms with Crippen molar-refractivity contribution in [3.8, 4) is 0 Å². The van der Waals surface area contributed by atoms with E-state index in [1.54, 1.807) is 0 Å². The SMILES string of the molecule is OC1COC(c2ccc(I)cc2)C(O)C1O. The molecule has 4 nitrogen and oxygen atoms in total. The highest BCUT2D eigenvalue weighted by Crippen LogP contribution is 2.29. The summed E-state index contributed by atoms with van der Waals surface area (Å²) in [5, 5.41) is 28.7. The highest BCUT2D eigenvalue weighted by Gasteiger charge is 2.38. The van der Waals surface area contributed by atoms with Gasteiger partial charge >= 0.3 is 0 Å². The summed E-state index contributed by atoms with van der Waals surface area (Å²) in [4.78, 5) is 0. The molecule has 1 aromatic carbocycles. The predicted octanol–water partition coefficient (Wildman–Crippen LogP) is 0.445. The minimum atomic E-state index is -1.15. The molecule has 0 aromatic heterocycles. The second-order valence-corrected chi connectivity index (χ2v) is 5.10. The maximum atomic E-state index is 9.79. The van der Waals surface area contributed by atoms with E-state index in [9.17, 15) is 15.3 Å². The van der Waals surface area contributed by atoms with Crippen molar-refractivity contribution in [1.29, 1.82) is 0 Å². The molecule has 0 spiro atoms. The number of aliphatic hydroxyl groups excluding tert-OH is 3. The lowest BCUT2D eigenvalue weighted by molar-refractivity contribution is -0.189. The summed E-state index contributed by atoms with van der Waals surface area (Å²) in [6.45, 7) is 0.0366. The van der Waals surface area contributed by atoms with Crippen LogP contribution in [-0.2, 0) is 4.74 Å². The van der Waals surface area contributed by atoms with Crippen LogP contribution in [0.25, 0.3) is 0 Å². The summed E-state index contributed by atoms with van der Waals surface area (Å²) < 4.78 is 6.43. The first kappa shape index (κ1) is 12.3. The van der Waals surface area contributed by atoms with Crippen LogP contribution in [0.2, 0.25) is 0 Å². The van der Waals surface area contributed by atoms with Gasteiger partial charge in [-0.3, -0.25) is 0 Å². The van der Waals surface area contributed by atoms with Gasteiger partial charge in [-0.1, -0.05) is 12.1 Å². The van der Waals surface area contributed by atoms with Gasteiger partial charge in [-0.2, -0.15) is 0 Å². The molecule has 1 aliphatic heterocycles. The molecule has 1 heterocycles. The Balaban J connectivity index is 2.18. The fourth-order valence-electron chi connectivity index (χ4n) is 1.75. The Morgan fingerprint density at radius 3 is 2.31 bits per heavy atom. The fraction of sp³-hybridized carbons (Fsp3) is 0.455. The molecule has 3 N–H and O–H groups in total. The Morgan fingerprint density at radius 2 is 1.69 bits per heavy atom. The number of aliphatic hydroxyl groups is 3. The first-order valence-corrected chi connectivity index (χ1v) is 6.08. The molecule has 1 saturated heterocycles. The molecule has 0 radical (unpaired) electrons. The van der Waals surface area contributed by atoms with E-state index in [2.05, 4.69) is 22.6 Å². The van der Waals surface area contributed by atoms with Crippen LogP contribution in [0.15, 0.2) is 24.3 Å². The number of hydrogen-bond donors (Lipinski definition) is 3. The van der Waals surface area contributed by atoms with E-state index in [-0.39, 0.29) is 6.61 Å². The van der Waals surface area contributed by atoms with Gasteiger partial charge in [-0.25, -0.2) is 0 Å². The van der Waals surface area contributed by atoms with E-state index in [0.29, 0.717) is 0 Å². The van der Waals surface area contributed by atoms with Crippen LogP contribution >= 0.6 is 22.6 Å². The minimum Gasteiger partial charge on any atom is -0.388 e. The van der Waals surface area contributed by atoms with Gasteiger partial charge in [-0.15, -0.1) is 0 Å². The molecule has 4 unspecified atom stereocenters. The second-order valence-electron chi connectivity index (χ2n) is 3.85. The van der Waals surface area contributed by atoms with Gasteiger partial charge in [0.2, 0.25) is 0 Å². The third-order valence-corrected chi connectivity index (χ3v) is 3.42. The maximum Gasteiger partial charge on any atom is 0.113 e. The van der Waals surface area contributed by atoms with Crippen LogP contribution in [0.1, 0.15) is 11.7 Å². The predicted molar refractivity (Wildman–Crippen MR) is 65.9 cm³/mol. The number of halogens is 1. The topological polar surface area (TPSA) is 69.9 Å². The lowest BCUT2D eigenvalue weighted by Crippen LogP contribution is -2.48. The molecular weight excluding hydrogens is 323 g/mol. The van der Waals surface area contributed by atoms with Crippen LogP contribution in [0, 0.1) is 3.57 Å². The van der Waals surface area contributed by atoms with Crippen molar-refractivity contribution in [3.05, 3.63) is 33.4 Å².